The first-order valence-corrected chi connectivity index (χ1v) is 9.56. The molecule has 2 amide bonds. The van der Waals surface area contributed by atoms with Crippen molar-refractivity contribution in [2.45, 2.75) is 6.92 Å². The van der Waals surface area contributed by atoms with Crippen LogP contribution in [0.4, 0.5) is 15.8 Å². The third-order valence-electron chi connectivity index (χ3n) is 4.01. The molecular formula is C22H18BrFN2O3. The van der Waals surface area contributed by atoms with Crippen LogP contribution in [0.1, 0.15) is 15.9 Å². The second kappa shape index (κ2) is 9.34. The second-order valence-electron chi connectivity index (χ2n) is 6.29. The fourth-order valence-corrected chi connectivity index (χ4v) is 3.07. The van der Waals surface area contributed by atoms with Gasteiger partial charge in [-0.25, -0.2) is 4.39 Å². The standard InChI is InChI=1S/C22H18BrFN2O3/c1-14-11-16(23)5-10-20(14)29-13-21(27)25-19-4-2-3-15(12-19)22(28)26-18-8-6-17(24)7-9-18/h2-12H,13H2,1H3,(H,25,27)(H,26,28). The topological polar surface area (TPSA) is 67.4 Å². The Hall–Kier alpha value is -3.19. The molecule has 29 heavy (non-hydrogen) atoms. The summed E-state index contributed by atoms with van der Waals surface area (Å²) in [5, 5.41) is 5.38. The van der Waals surface area contributed by atoms with Crippen molar-refractivity contribution in [3.63, 3.8) is 0 Å². The van der Waals surface area contributed by atoms with Gasteiger partial charge in [-0.1, -0.05) is 22.0 Å². The van der Waals surface area contributed by atoms with E-state index in [1.165, 1.54) is 24.3 Å². The van der Waals surface area contributed by atoms with Crippen molar-refractivity contribution in [3.8, 4) is 5.75 Å². The van der Waals surface area contributed by atoms with E-state index in [0.717, 1.165) is 10.0 Å². The predicted molar refractivity (Wildman–Crippen MR) is 114 cm³/mol. The van der Waals surface area contributed by atoms with Crippen LogP contribution < -0.4 is 15.4 Å². The van der Waals surface area contributed by atoms with Crippen LogP contribution in [0.2, 0.25) is 0 Å². The molecule has 0 radical (unpaired) electrons. The Morgan fingerprint density at radius 3 is 2.45 bits per heavy atom. The highest BCUT2D eigenvalue weighted by Crippen LogP contribution is 2.22. The molecule has 0 aliphatic rings. The van der Waals surface area contributed by atoms with E-state index in [0.29, 0.717) is 22.7 Å². The molecule has 2 N–H and O–H groups in total. The Bertz CT molecular complexity index is 1040. The molecule has 0 saturated heterocycles. The van der Waals surface area contributed by atoms with Crippen LogP contribution in [0, 0.1) is 12.7 Å². The van der Waals surface area contributed by atoms with Gasteiger partial charge < -0.3 is 15.4 Å². The number of rotatable bonds is 6. The highest BCUT2D eigenvalue weighted by Gasteiger charge is 2.10. The van der Waals surface area contributed by atoms with Crippen molar-refractivity contribution in [2.24, 2.45) is 0 Å². The van der Waals surface area contributed by atoms with Crippen LogP contribution in [0.5, 0.6) is 5.75 Å². The fraction of sp³-hybridized carbons (Fsp3) is 0.0909. The van der Waals surface area contributed by atoms with Crippen molar-refractivity contribution in [3.05, 3.63) is 88.1 Å². The number of carbonyl (C=O) groups is 2. The third kappa shape index (κ3) is 5.89. The second-order valence-corrected chi connectivity index (χ2v) is 7.20. The molecule has 0 saturated carbocycles. The number of anilines is 2. The van der Waals surface area contributed by atoms with E-state index in [4.69, 9.17) is 4.74 Å². The highest BCUT2D eigenvalue weighted by atomic mass is 79.9. The van der Waals surface area contributed by atoms with Crippen LogP contribution in [0.25, 0.3) is 0 Å². The lowest BCUT2D eigenvalue weighted by atomic mass is 10.2. The van der Waals surface area contributed by atoms with E-state index in [9.17, 15) is 14.0 Å². The first kappa shape index (κ1) is 20.5. The number of benzene rings is 3. The van der Waals surface area contributed by atoms with Gasteiger partial charge in [-0.05, 0) is 73.2 Å². The number of aryl methyl sites for hydroxylation is 1. The van der Waals surface area contributed by atoms with Crippen LogP contribution in [-0.2, 0) is 4.79 Å². The van der Waals surface area contributed by atoms with E-state index in [1.54, 1.807) is 30.3 Å². The number of amides is 2. The van der Waals surface area contributed by atoms with E-state index < -0.39 is 0 Å². The Morgan fingerprint density at radius 1 is 0.966 bits per heavy atom. The number of hydrogen-bond donors (Lipinski definition) is 2. The van der Waals surface area contributed by atoms with Gasteiger partial charge >= 0.3 is 0 Å². The summed E-state index contributed by atoms with van der Waals surface area (Å²) in [7, 11) is 0. The Morgan fingerprint density at radius 2 is 1.72 bits per heavy atom. The lowest BCUT2D eigenvalue weighted by Crippen LogP contribution is -2.21. The zero-order valence-corrected chi connectivity index (χ0v) is 17.1. The third-order valence-corrected chi connectivity index (χ3v) is 4.50. The molecule has 0 aliphatic carbocycles. The Labute approximate surface area is 176 Å². The maximum atomic E-state index is 13.0. The minimum Gasteiger partial charge on any atom is -0.483 e. The highest BCUT2D eigenvalue weighted by molar-refractivity contribution is 9.10. The predicted octanol–water partition coefficient (Wildman–Crippen LogP) is 5.17. The minimum atomic E-state index is -0.381. The largest absolute Gasteiger partial charge is 0.483 e. The molecule has 0 unspecified atom stereocenters. The molecule has 3 aromatic carbocycles. The lowest BCUT2D eigenvalue weighted by Gasteiger charge is -2.11. The van der Waals surface area contributed by atoms with Gasteiger partial charge in [0.25, 0.3) is 11.8 Å². The van der Waals surface area contributed by atoms with Crippen molar-refractivity contribution in [1.82, 2.24) is 0 Å². The van der Waals surface area contributed by atoms with Gasteiger partial charge in [0, 0.05) is 21.4 Å². The molecule has 0 atom stereocenters. The molecule has 148 valence electrons. The maximum absolute atomic E-state index is 13.0. The van der Waals surface area contributed by atoms with Gasteiger partial charge in [-0.2, -0.15) is 0 Å². The SMILES string of the molecule is Cc1cc(Br)ccc1OCC(=O)Nc1cccc(C(=O)Nc2ccc(F)cc2)c1. The quantitative estimate of drug-likeness (QED) is 0.537. The normalized spacial score (nSPS) is 10.3. The molecule has 3 rings (SSSR count). The molecule has 0 fully saturated rings. The van der Waals surface area contributed by atoms with Gasteiger partial charge in [0.2, 0.25) is 0 Å². The van der Waals surface area contributed by atoms with E-state index >= 15 is 0 Å². The number of hydrogen-bond acceptors (Lipinski definition) is 3. The number of ether oxygens (including phenoxy) is 1. The zero-order valence-electron chi connectivity index (χ0n) is 15.5. The number of nitrogens with one attached hydrogen (secondary N) is 2. The fourth-order valence-electron chi connectivity index (χ4n) is 2.59. The molecular weight excluding hydrogens is 439 g/mol. The average molecular weight is 457 g/mol. The summed E-state index contributed by atoms with van der Waals surface area (Å²) in [6.07, 6.45) is 0. The first-order chi connectivity index (χ1) is 13.9. The Kier molecular flexibility index (Phi) is 6.61. The first-order valence-electron chi connectivity index (χ1n) is 8.76. The summed E-state index contributed by atoms with van der Waals surface area (Å²) in [4.78, 5) is 24.6. The average Bonchev–Trinajstić information content (AvgIpc) is 2.69. The monoisotopic (exact) mass is 456 g/mol. The molecule has 0 aromatic heterocycles. The maximum Gasteiger partial charge on any atom is 0.262 e. The summed E-state index contributed by atoms with van der Waals surface area (Å²) in [5.41, 5.74) is 2.21. The smallest absolute Gasteiger partial charge is 0.262 e. The number of carbonyl (C=O) groups excluding carboxylic acids is 2. The van der Waals surface area contributed by atoms with Gasteiger partial charge in [0.05, 0.1) is 0 Å². The van der Waals surface area contributed by atoms with E-state index in [1.807, 2.05) is 19.1 Å². The summed E-state index contributed by atoms with van der Waals surface area (Å²) >= 11 is 3.38. The zero-order chi connectivity index (χ0) is 20.8. The van der Waals surface area contributed by atoms with Crippen molar-refractivity contribution in [1.29, 1.82) is 0 Å². The van der Waals surface area contributed by atoms with Crippen LogP contribution in [0.3, 0.4) is 0 Å². The Balaban J connectivity index is 1.59. The molecule has 0 aliphatic heterocycles. The minimum absolute atomic E-state index is 0.158. The summed E-state index contributed by atoms with van der Waals surface area (Å²) in [6.45, 7) is 1.73. The lowest BCUT2D eigenvalue weighted by molar-refractivity contribution is -0.118. The molecule has 5 nitrogen and oxygen atoms in total. The van der Waals surface area contributed by atoms with Crippen molar-refractivity contribution in [2.75, 3.05) is 17.2 Å². The molecule has 0 spiro atoms. The van der Waals surface area contributed by atoms with Crippen LogP contribution >= 0.6 is 15.9 Å². The van der Waals surface area contributed by atoms with Gasteiger partial charge in [0.1, 0.15) is 11.6 Å². The summed E-state index contributed by atoms with van der Waals surface area (Å²) in [5.74, 6) is -0.470. The summed E-state index contributed by atoms with van der Waals surface area (Å²) in [6, 6.07) is 17.5. The van der Waals surface area contributed by atoms with Crippen LogP contribution in [-0.4, -0.2) is 18.4 Å². The van der Waals surface area contributed by atoms with Crippen LogP contribution in [0.15, 0.2) is 71.2 Å². The van der Waals surface area contributed by atoms with E-state index in [-0.39, 0.29) is 24.2 Å². The summed E-state index contributed by atoms with van der Waals surface area (Å²) < 4.78 is 19.4. The van der Waals surface area contributed by atoms with Crippen molar-refractivity contribution >= 4 is 39.1 Å². The van der Waals surface area contributed by atoms with Gasteiger partial charge in [0.15, 0.2) is 6.61 Å². The van der Waals surface area contributed by atoms with Gasteiger partial charge in [-0.3, -0.25) is 9.59 Å². The molecule has 7 heteroatoms. The molecule has 0 bridgehead atoms. The van der Waals surface area contributed by atoms with E-state index in [2.05, 4.69) is 26.6 Å². The van der Waals surface area contributed by atoms with Crippen molar-refractivity contribution < 1.29 is 18.7 Å². The molecule has 3 aromatic rings. The molecule has 0 heterocycles. The van der Waals surface area contributed by atoms with Gasteiger partial charge in [-0.15, -0.1) is 0 Å². The number of halogens is 2.